The van der Waals surface area contributed by atoms with Crippen molar-refractivity contribution in [2.75, 3.05) is 7.11 Å². The van der Waals surface area contributed by atoms with Gasteiger partial charge in [0.2, 0.25) is 8.32 Å². The first kappa shape index (κ1) is 11.4. The van der Waals surface area contributed by atoms with Crippen molar-refractivity contribution in [2.45, 2.75) is 62.4 Å². The second-order valence-electron chi connectivity index (χ2n) is 5.22. The van der Waals surface area contributed by atoms with Gasteiger partial charge >= 0.3 is 0 Å². The molecule has 1 nitrogen and oxygen atoms in total. The molecule has 2 rings (SSSR count). The molecule has 2 saturated carbocycles. The van der Waals surface area contributed by atoms with E-state index in [1.165, 1.54) is 51.4 Å². The summed E-state index contributed by atoms with van der Waals surface area (Å²) in [5.41, 5.74) is 4.02. The van der Waals surface area contributed by atoms with E-state index in [-0.39, 0.29) is 0 Å². The van der Waals surface area contributed by atoms with Gasteiger partial charge in [0, 0.05) is 7.11 Å². The van der Waals surface area contributed by atoms with Gasteiger partial charge < -0.3 is 4.43 Å². The molecule has 0 saturated heterocycles. The minimum Gasteiger partial charge on any atom is -0.416 e. The van der Waals surface area contributed by atoms with Crippen molar-refractivity contribution in [3.63, 3.8) is 0 Å². The van der Waals surface area contributed by atoms with Crippen molar-refractivity contribution in [3.05, 3.63) is 12.3 Å². The van der Waals surface area contributed by atoms with Crippen molar-refractivity contribution in [2.24, 2.45) is 0 Å². The summed E-state index contributed by atoms with van der Waals surface area (Å²) >= 11 is 0. The molecule has 0 bridgehead atoms. The van der Waals surface area contributed by atoms with Gasteiger partial charge in [-0.15, -0.1) is 6.58 Å². The molecule has 0 atom stereocenters. The average molecular weight is 224 g/mol. The molecule has 0 spiro atoms. The third-order valence-electron chi connectivity index (χ3n) is 4.66. The van der Waals surface area contributed by atoms with E-state index in [0.29, 0.717) is 0 Å². The van der Waals surface area contributed by atoms with Crippen LogP contribution in [0.3, 0.4) is 0 Å². The number of rotatable bonds is 4. The maximum Gasteiger partial charge on any atom is 0.222 e. The predicted molar refractivity (Wildman–Crippen MR) is 67.4 cm³/mol. The van der Waals surface area contributed by atoms with Gasteiger partial charge in [-0.05, 0) is 11.1 Å². The topological polar surface area (TPSA) is 9.23 Å². The van der Waals surface area contributed by atoms with Gasteiger partial charge in [-0.3, -0.25) is 0 Å². The van der Waals surface area contributed by atoms with Crippen LogP contribution in [0.1, 0.15) is 51.4 Å². The van der Waals surface area contributed by atoms with E-state index in [9.17, 15) is 0 Å². The molecule has 15 heavy (non-hydrogen) atoms. The van der Waals surface area contributed by atoms with Crippen LogP contribution in [0.4, 0.5) is 0 Å². The zero-order valence-electron chi connectivity index (χ0n) is 10.0. The predicted octanol–water partition coefficient (Wildman–Crippen LogP) is 4.19. The van der Waals surface area contributed by atoms with Crippen LogP contribution in [-0.2, 0) is 4.43 Å². The summed E-state index contributed by atoms with van der Waals surface area (Å²) < 4.78 is 6.08. The van der Waals surface area contributed by atoms with Crippen LogP contribution in [0.5, 0.6) is 0 Å². The SMILES string of the molecule is C=C[Si](OC)(C1CCCC1)C1CCCC1. The lowest BCUT2D eigenvalue weighted by molar-refractivity contribution is 0.372. The molecule has 0 aromatic heterocycles. The Bertz CT molecular complexity index is 199. The van der Waals surface area contributed by atoms with E-state index in [2.05, 4.69) is 12.3 Å². The first-order valence-corrected chi connectivity index (χ1v) is 8.66. The van der Waals surface area contributed by atoms with Crippen molar-refractivity contribution >= 4 is 8.32 Å². The normalized spacial score (nSPS) is 24.9. The third-order valence-corrected chi connectivity index (χ3v) is 9.71. The van der Waals surface area contributed by atoms with Crippen molar-refractivity contribution < 1.29 is 4.43 Å². The summed E-state index contributed by atoms with van der Waals surface area (Å²) in [7, 11) is 0.336. The van der Waals surface area contributed by atoms with Crippen LogP contribution < -0.4 is 0 Å². The molecule has 0 unspecified atom stereocenters. The fourth-order valence-corrected chi connectivity index (χ4v) is 8.63. The number of hydrogen-bond donors (Lipinski definition) is 0. The minimum absolute atomic E-state index is 0.878. The average Bonchev–Trinajstić information content (AvgIpc) is 2.92. The number of hydrogen-bond acceptors (Lipinski definition) is 1. The van der Waals surface area contributed by atoms with E-state index in [4.69, 9.17) is 4.43 Å². The highest BCUT2D eigenvalue weighted by atomic mass is 28.4. The summed E-state index contributed by atoms with van der Waals surface area (Å²) in [6, 6.07) is 0. The summed E-state index contributed by atoms with van der Waals surface area (Å²) in [6.07, 6.45) is 11.3. The van der Waals surface area contributed by atoms with Crippen LogP contribution in [0.15, 0.2) is 12.3 Å². The largest absolute Gasteiger partial charge is 0.416 e. The standard InChI is InChI=1S/C13H24OSi/c1-3-15(14-2,12-8-4-5-9-12)13-10-6-7-11-13/h3,12-13H,1,4-11H2,2H3. The smallest absolute Gasteiger partial charge is 0.222 e. The lowest BCUT2D eigenvalue weighted by Gasteiger charge is -2.37. The Labute approximate surface area is 95.0 Å². The van der Waals surface area contributed by atoms with Gasteiger partial charge in [-0.25, -0.2) is 0 Å². The monoisotopic (exact) mass is 224 g/mol. The molecule has 0 heterocycles. The van der Waals surface area contributed by atoms with Gasteiger partial charge in [-0.2, -0.15) is 0 Å². The Hall–Kier alpha value is -0.0831. The first-order valence-electron chi connectivity index (χ1n) is 6.52. The second kappa shape index (κ2) is 4.83. The van der Waals surface area contributed by atoms with Gasteiger partial charge in [-0.1, -0.05) is 57.1 Å². The molecule has 0 radical (unpaired) electrons. The van der Waals surface area contributed by atoms with Gasteiger partial charge in [0.05, 0.1) is 0 Å². The van der Waals surface area contributed by atoms with Crippen molar-refractivity contribution in [3.8, 4) is 0 Å². The Morgan fingerprint density at radius 3 is 1.67 bits per heavy atom. The van der Waals surface area contributed by atoms with Crippen LogP contribution in [0, 0.1) is 0 Å². The van der Waals surface area contributed by atoms with Crippen LogP contribution in [0.2, 0.25) is 11.1 Å². The molecule has 0 aromatic carbocycles. The van der Waals surface area contributed by atoms with Crippen molar-refractivity contribution in [1.29, 1.82) is 0 Å². The van der Waals surface area contributed by atoms with Crippen molar-refractivity contribution in [1.82, 2.24) is 0 Å². The molecular formula is C13H24OSi. The lowest BCUT2D eigenvalue weighted by atomic mass is 10.3. The Balaban J connectivity index is 2.16. The molecular weight excluding hydrogens is 200 g/mol. The van der Waals surface area contributed by atoms with E-state index in [0.717, 1.165) is 11.1 Å². The Kier molecular flexibility index (Phi) is 3.67. The summed E-state index contributed by atoms with van der Waals surface area (Å²) in [6.45, 7) is 4.13. The Morgan fingerprint density at radius 2 is 1.40 bits per heavy atom. The zero-order valence-corrected chi connectivity index (χ0v) is 11.0. The summed E-state index contributed by atoms with van der Waals surface area (Å²) in [5.74, 6) is 0. The molecule has 0 aromatic rings. The van der Waals surface area contributed by atoms with E-state index in [1.807, 2.05) is 7.11 Å². The Morgan fingerprint density at radius 1 is 1.00 bits per heavy atom. The zero-order chi connectivity index (χ0) is 10.7. The quantitative estimate of drug-likeness (QED) is 0.651. The van der Waals surface area contributed by atoms with Gasteiger partial charge in [0.1, 0.15) is 0 Å². The molecule has 86 valence electrons. The fraction of sp³-hybridized carbons (Fsp3) is 0.846. The lowest BCUT2D eigenvalue weighted by Crippen LogP contribution is -2.44. The second-order valence-corrected chi connectivity index (χ2v) is 9.38. The summed E-state index contributed by atoms with van der Waals surface area (Å²) in [5, 5.41) is 0. The fourth-order valence-electron chi connectivity index (χ4n) is 3.84. The maximum atomic E-state index is 6.08. The minimum atomic E-state index is -1.61. The molecule has 2 fully saturated rings. The molecule has 0 N–H and O–H groups in total. The molecule has 2 heteroatoms. The van der Waals surface area contributed by atoms with Gasteiger partial charge in [0.15, 0.2) is 0 Å². The van der Waals surface area contributed by atoms with Crippen LogP contribution in [0.25, 0.3) is 0 Å². The molecule has 2 aliphatic carbocycles. The molecule has 0 aliphatic heterocycles. The molecule has 2 aliphatic rings. The first-order chi connectivity index (χ1) is 7.33. The summed E-state index contributed by atoms with van der Waals surface area (Å²) in [4.78, 5) is 0. The van der Waals surface area contributed by atoms with E-state index < -0.39 is 8.32 Å². The van der Waals surface area contributed by atoms with E-state index in [1.54, 1.807) is 0 Å². The molecule has 0 amide bonds. The maximum absolute atomic E-state index is 6.08. The van der Waals surface area contributed by atoms with Crippen LogP contribution in [-0.4, -0.2) is 15.4 Å². The van der Waals surface area contributed by atoms with Gasteiger partial charge in [0.25, 0.3) is 0 Å². The van der Waals surface area contributed by atoms with Crippen LogP contribution >= 0.6 is 0 Å². The highest BCUT2D eigenvalue weighted by Gasteiger charge is 2.48. The highest BCUT2D eigenvalue weighted by molar-refractivity contribution is 6.81. The van der Waals surface area contributed by atoms with E-state index >= 15 is 0 Å². The third kappa shape index (κ3) is 1.94. The highest BCUT2D eigenvalue weighted by Crippen LogP contribution is 2.50.